The maximum absolute atomic E-state index is 12.5. The summed E-state index contributed by atoms with van der Waals surface area (Å²) in [6.45, 7) is 2.28. The van der Waals surface area contributed by atoms with Crippen molar-refractivity contribution in [2.75, 3.05) is 13.6 Å². The monoisotopic (exact) mass is 309 g/mol. The molecule has 0 aromatic carbocycles. The number of nitrogens with zero attached hydrogens (tertiary/aromatic N) is 2. The van der Waals surface area contributed by atoms with Crippen LogP contribution in [0.3, 0.4) is 0 Å². The molecule has 0 spiro atoms. The van der Waals surface area contributed by atoms with Crippen molar-refractivity contribution in [3.63, 3.8) is 0 Å². The van der Waals surface area contributed by atoms with Crippen LogP contribution in [-0.4, -0.2) is 35.4 Å². The number of rotatable bonds is 4. The van der Waals surface area contributed by atoms with Crippen molar-refractivity contribution in [3.05, 3.63) is 21.4 Å². The SMILES string of the molecule is CC(CN(C)C(=O)c1cc2c(s1)CCCCC2)C(N)=NO. The Morgan fingerprint density at radius 1 is 1.48 bits per heavy atom. The molecule has 1 aromatic rings. The van der Waals surface area contributed by atoms with E-state index in [-0.39, 0.29) is 17.7 Å². The van der Waals surface area contributed by atoms with E-state index in [0.717, 1.165) is 17.7 Å². The highest BCUT2D eigenvalue weighted by molar-refractivity contribution is 7.14. The van der Waals surface area contributed by atoms with E-state index < -0.39 is 0 Å². The van der Waals surface area contributed by atoms with Crippen molar-refractivity contribution in [1.29, 1.82) is 0 Å². The Bertz CT molecular complexity index is 516. The van der Waals surface area contributed by atoms with Crippen molar-refractivity contribution < 1.29 is 10.0 Å². The molecule has 3 N–H and O–H groups in total. The fourth-order valence-corrected chi connectivity index (χ4v) is 3.90. The minimum Gasteiger partial charge on any atom is -0.409 e. The summed E-state index contributed by atoms with van der Waals surface area (Å²) in [5.41, 5.74) is 6.91. The first kappa shape index (κ1) is 15.8. The van der Waals surface area contributed by atoms with Crippen molar-refractivity contribution in [2.45, 2.75) is 39.0 Å². The quantitative estimate of drug-likeness (QED) is 0.295. The fraction of sp³-hybridized carbons (Fsp3) is 0.600. The van der Waals surface area contributed by atoms with Crippen LogP contribution in [0.15, 0.2) is 11.2 Å². The van der Waals surface area contributed by atoms with E-state index in [1.165, 1.54) is 29.7 Å². The van der Waals surface area contributed by atoms with Crippen LogP contribution in [0.25, 0.3) is 0 Å². The number of thiophene rings is 1. The van der Waals surface area contributed by atoms with Crippen LogP contribution in [0.1, 0.15) is 46.3 Å². The van der Waals surface area contributed by atoms with Crippen molar-refractivity contribution in [2.24, 2.45) is 16.8 Å². The number of oxime groups is 1. The van der Waals surface area contributed by atoms with E-state index in [9.17, 15) is 4.79 Å². The molecule has 0 saturated heterocycles. The second-order valence-corrected chi connectivity index (χ2v) is 6.87. The van der Waals surface area contributed by atoms with Gasteiger partial charge in [-0.1, -0.05) is 18.5 Å². The highest BCUT2D eigenvalue weighted by atomic mass is 32.1. The summed E-state index contributed by atoms with van der Waals surface area (Å²) < 4.78 is 0. The Kier molecular flexibility index (Phi) is 5.22. The molecular weight excluding hydrogens is 286 g/mol. The number of hydrogen-bond acceptors (Lipinski definition) is 4. The van der Waals surface area contributed by atoms with Gasteiger partial charge in [-0.05, 0) is 37.3 Å². The third-order valence-corrected chi connectivity index (χ3v) is 5.20. The molecule has 1 aromatic heterocycles. The molecule has 2 rings (SSSR count). The fourth-order valence-electron chi connectivity index (χ4n) is 2.65. The third kappa shape index (κ3) is 3.75. The molecule has 1 amide bonds. The summed E-state index contributed by atoms with van der Waals surface area (Å²) in [6, 6.07) is 2.05. The number of nitrogens with two attached hydrogens (primary N) is 1. The molecule has 1 aliphatic carbocycles. The molecule has 1 unspecified atom stereocenters. The van der Waals surface area contributed by atoms with Crippen LogP contribution in [0.4, 0.5) is 0 Å². The molecule has 116 valence electrons. The summed E-state index contributed by atoms with van der Waals surface area (Å²) in [6.07, 6.45) is 5.90. The Balaban J connectivity index is 2.06. The summed E-state index contributed by atoms with van der Waals surface area (Å²) in [5.74, 6) is 0.00371. The average molecular weight is 309 g/mol. The second kappa shape index (κ2) is 6.93. The summed E-state index contributed by atoms with van der Waals surface area (Å²) in [4.78, 5) is 16.3. The van der Waals surface area contributed by atoms with Gasteiger partial charge in [0.05, 0.1) is 4.88 Å². The standard InChI is InChI=1S/C15H23N3O2S/c1-10(14(16)17-20)9-18(2)15(19)13-8-11-6-4-3-5-7-12(11)21-13/h8,10,20H,3-7,9H2,1-2H3,(H2,16,17). The molecule has 1 heterocycles. The molecule has 0 fully saturated rings. The van der Waals surface area contributed by atoms with E-state index in [0.29, 0.717) is 6.54 Å². The minimum absolute atomic E-state index is 0.0191. The van der Waals surface area contributed by atoms with E-state index in [2.05, 4.69) is 11.2 Å². The zero-order valence-electron chi connectivity index (χ0n) is 12.6. The molecule has 6 heteroatoms. The van der Waals surface area contributed by atoms with Gasteiger partial charge >= 0.3 is 0 Å². The highest BCUT2D eigenvalue weighted by Crippen LogP contribution is 2.29. The normalized spacial score (nSPS) is 17.0. The second-order valence-electron chi connectivity index (χ2n) is 5.73. The van der Waals surface area contributed by atoms with Crippen LogP contribution in [-0.2, 0) is 12.8 Å². The Hall–Kier alpha value is -1.56. The molecule has 1 aliphatic rings. The van der Waals surface area contributed by atoms with E-state index >= 15 is 0 Å². The molecular formula is C15H23N3O2S. The first-order valence-corrected chi connectivity index (χ1v) is 8.19. The lowest BCUT2D eigenvalue weighted by Crippen LogP contribution is -2.36. The molecule has 21 heavy (non-hydrogen) atoms. The minimum atomic E-state index is -0.165. The van der Waals surface area contributed by atoms with Gasteiger partial charge < -0.3 is 15.8 Å². The van der Waals surface area contributed by atoms with Gasteiger partial charge in [0, 0.05) is 24.4 Å². The van der Waals surface area contributed by atoms with Crippen LogP contribution in [0.5, 0.6) is 0 Å². The number of carbonyl (C=O) groups excluding carboxylic acids is 1. The largest absolute Gasteiger partial charge is 0.409 e. The molecule has 0 radical (unpaired) electrons. The zero-order chi connectivity index (χ0) is 15.4. The van der Waals surface area contributed by atoms with E-state index in [4.69, 9.17) is 10.9 Å². The van der Waals surface area contributed by atoms with E-state index in [1.54, 1.807) is 23.3 Å². The van der Waals surface area contributed by atoms with Gasteiger partial charge in [-0.25, -0.2) is 0 Å². The topological polar surface area (TPSA) is 78.9 Å². The highest BCUT2D eigenvalue weighted by Gasteiger charge is 2.21. The zero-order valence-corrected chi connectivity index (χ0v) is 13.4. The van der Waals surface area contributed by atoms with Gasteiger partial charge in [0.1, 0.15) is 5.84 Å². The first-order valence-electron chi connectivity index (χ1n) is 7.37. The predicted molar refractivity (Wildman–Crippen MR) is 85.1 cm³/mol. The Morgan fingerprint density at radius 2 is 2.19 bits per heavy atom. The molecule has 5 nitrogen and oxygen atoms in total. The molecule has 0 saturated carbocycles. The number of fused-ring (bicyclic) bond motifs is 1. The summed E-state index contributed by atoms with van der Waals surface area (Å²) in [7, 11) is 1.76. The first-order chi connectivity index (χ1) is 10.0. The van der Waals surface area contributed by atoms with Crippen LogP contribution >= 0.6 is 11.3 Å². The number of amides is 1. The van der Waals surface area contributed by atoms with Crippen molar-refractivity contribution in [3.8, 4) is 0 Å². The molecule has 0 bridgehead atoms. The average Bonchev–Trinajstić information content (AvgIpc) is 2.76. The van der Waals surface area contributed by atoms with Gasteiger partial charge in [0.2, 0.25) is 0 Å². The van der Waals surface area contributed by atoms with Crippen LogP contribution in [0, 0.1) is 5.92 Å². The number of amidine groups is 1. The lowest BCUT2D eigenvalue weighted by Gasteiger charge is -2.20. The van der Waals surface area contributed by atoms with Gasteiger partial charge in [0.25, 0.3) is 5.91 Å². The van der Waals surface area contributed by atoms with Gasteiger partial charge in [-0.2, -0.15) is 0 Å². The van der Waals surface area contributed by atoms with Crippen LogP contribution < -0.4 is 5.73 Å². The van der Waals surface area contributed by atoms with Crippen molar-refractivity contribution >= 4 is 23.1 Å². The smallest absolute Gasteiger partial charge is 0.263 e. The lowest BCUT2D eigenvalue weighted by atomic mass is 10.1. The number of aryl methyl sites for hydroxylation is 2. The van der Waals surface area contributed by atoms with Gasteiger partial charge in [-0.15, -0.1) is 11.3 Å². The maximum Gasteiger partial charge on any atom is 0.263 e. The van der Waals surface area contributed by atoms with Crippen LogP contribution in [0.2, 0.25) is 0 Å². The molecule has 0 aliphatic heterocycles. The van der Waals surface area contributed by atoms with Crippen molar-refractivity contribution in [1.82, 2.24) is 4.90 Å². The summed E-state index contributed by atoms with van der Waals surface area (Å²) in [5, 5.41) is 11.7. The predicted octanol–water partition coefficient (Wildman–Crippen LogP) is 2.47. The maximum atomic E-state index is 12.5. The lowest BCUT2D eigenvalue weighted by molar-refractivity contribution is 0.0790. The Morgan fingerprint density at radius 3 is 2.90 bits per heavy atom. The molecule has 1 atom stereocenters. The number of hydrogen-bond donors (Lipinski definition) is 2. The van der Waals surface area contributed by atoms with E-state index in [1.807, 2.05) is 6.92 Å². The summed E-state index contributed by atoms with van der Waals surface area (Å²) >= 11 is 1.62. The Labute approximate surface area is 129 Å². The third-order valence-electron chi connectivity index (χ3n) is 3.97. The van der Waals surface area contributed by atoms with Gasteiger partial charge in [-0.3, -0.25) is 4.79 Å². The van der Waals surface area contributed by atoms with Gasteiger partial charge in [0.15, 0.2) is 0 Å². The number of carbonyl (C=O) groups is 1.